The highest BCUT2D eigenvalue weighted by molar-refractivity contribution is 5.67. The molecule has 2 aromatic heterocycles. The number of ether oxygens (including phenoxy) is 1. The van der Waals surface area contributed by atoms with Crippen LogP contribution in [-0.2, 0) is 6.42 Å². The van der Waals surface area contributed by atoms with Crippen molar-refractivity contribution >= 4 is 5.65 Å². The molecule has 5 rings (SSSR count). The Morgan fingerprint density at radius 1 is 1.07 bits per heavy atom. The van der Waals surface area contributed by atoms with Crippen molar-refractivity contribution in [3.05, 3.63) is 54.5 Å². The SMILES string of the molecule is CCC1(CCN2CCCCC2)Cc2cc(-c3ccc4nccn4c3)ccc2O1. The number of piperidine rings is 1. The molecule has 0 aliphatic carbocycles. The van der Waals surface area contributed by atoms with Crippen molar-refractivity contribution in [3.63, 3.8) is 0 Å². The summed E-state index contributed by atoms with van der Waals surface area (Å²) in [5.74, 6) is 1.08. The summed E-state index contributed by atoms with van der Waals surface area (Å²) in [6.07, 6.45) is 13.3. The third kappa shape index (κ3) is 3.30. The Hall–Kier alpha value is -2.33. The third-order valence-corrected chi connectivity index (χ3v) is 6.60. The van der Waals surface area contributed by atoms with Crippen molar-refractivity contribution in [2.75, 3.05) is 19.6 Å². The molecule has 1 saturated heterocycles. The number of pyridine rings is 1. The monoisotopic (exact) mass is 375 g/mol. The van der Waals surface area contributed by atoms with Gasteiger partial charge in [0, 0.05) is 38.0 Å². The summed E-state index contributed by atoms with van der Waals surface area (Å²) in [5.41, 5.74) is 4.77. The molecule has 3 aromatic rings. The molecule has 4 heteroatoms. The van der Waals surface area contributed by atoms with Gasteiger partial charge < -0.3 is 14.0 Å². The lowest BCUT2D eigenvalue weighted by molar-refractivity contribution is 0.0626. The molecular formula is C24H29N3O. The number of benzene rings is 1. The fourth-order valence-corrected chi connectivity index (χ4v) is 4.76. The van der Waals surface area contributed by atoms with Gasteiger partial charge in [-0.05, 0) is 73.3 Å². The van der Waals surface area contributed by atoms with Crippen molar-refractivity contribution in [2.24, 2.45) is 0 Å². The van der Waals surface area contributed by atoms with Gasteiger partial charge in [0.05, 0.1) is 0 Å². The first-order chi connectivity index (χ1) is 13.7. The van der Waals surface area contributed by atoms with Gasteiger partial charge in [-0.1, -0.05) is 19.4 Å². The third-order valence-electron chi connectivity index (χ3n) is 6.60. The molecule has 0 amide bonds. The Kier molecular flexibility index (Phi) is 4.59. The summed E-state index contributed by atoms with van der Waals surface area (Å²) in [6, 6.07) is 10.9. The van der Waals surface area contributed by atoms with E-state index in [0.717, 1.165) is 37.2 Å². The Balaban J connectivity index is 1.35. The van der Waals surface area contributed by atoms with E-state index >= 15 is 0 Å². The van der Waals surface area contributed by atoms with Gasteiger partial charge in [0.15, 0.2) is 0 Å². The Bertz CT molecular complexity index is 973. The normalized spacial score (nSPS) is 22.3. The van der Waals surface area contributed by atoms with E-state index in [9.17, 15) is 0 Å². The zero-order valence-corrected chi connectivity index (χ0v) is 16.7. The fourth-order valence-electron chi connectivity index (χ4n) is 4.76. The van der Waals surface area contributed by atoms with Gasteiger partial charge in [0.25, 0.3) is 0 Å². The largest absolute Gasteiger partial charge is 0.487 e. The van der Waals surface area contributed by atoms with Crippen LogP contribution in [0.5, 0.6) is 5.75 Å². The highest BCUT2D eigenvalue weighted by Crippen LogP contribution is 2.41. The number of hydrogen-bond acceptors (Lipinski definition) is 3. The summed E-state index contributed by atoms with van der Waals surface area (Å²) in [4.78, 5) is 6.96. The quantitative estimate of drug-likeness (QED) is 0.631. The first-order valence-corrected chi connectivity index (χ1v) is 10.7. The second-order valence-electron chi connectivity index (χ2n) is 8.40. The molecule has 2 aliphatic rings. The van der Waals surface area contributed by atoms with Gasteiger partial charge >= 0.3 is 0 Å². The molecule has 0 bridgehead atoms. The maximum Gasteiger partial charge on any atom is 0.136 e. The van der Waals surface area contributed by atoms with Gasteiger partial charge in [-0.2, -0.15) is 0 Å². The number of rotatable bonds is 5. The second kappa shape index (κ2) is 7.25. The minimum absolute atomic E-state index is 0.0350. The van der Waals surface area contributed by atoms with Crippen LogP contribution in [0.3, 0.4) is 0 Å². The van der Waals surface area contributed by atoms with Crippen LogP contribution < -0.4 is 4.74 Å². The van der Waals surface area contributed by atoms with Crippen molar-refractivity contribution in [1.82, 2.24) is 14.3 Å². The number of likely N-dealkylation sites (tertiary alicyclic amines) is 1. The number of hydrogen-bond donors (Lipinski definition) is 0. The van der Waals surface area contributed by atoms with Crippen LogP contribution in [0.4, 0.5) is 0 Å². The zero-order valence-electron chi connectivity index (χ0n) is 16.7. The van der Waals surface area contributed by atoms with Crippen LogP contribution in [0, 0.1) is 0 Å². The summed E-state index contributed by atoms with van der Waals surface area (Å²) in [5, 5.41) is 0. The van der Waals surface area contributed by atoms with Crippen molar-refractivity contribution < 1.29 is 4.74 Å². The zero-order chi connectivity index (χ0) is 19.0. The van der Waals surface area contributed by atoms with E-state index in [-0.39, 0.29) is 5.60 Å². The van der Waals surface area contributed by atoms with Crippen LogP contribution in [0.2, 0.25) is 0 Å². The molecule has 4 heterocycles. The lowest BCUT2D eigenvalue weighted by Gasteiger charge is -2.32. The van der Waals surface area contributed by atoms with Crippen LogP contribution in [0.1, 0.15) is 44.6 Å². The molecule has 0 spiro atoms. The molecule has 1 atom stereocenters. The van der Waals surface area contributed by atoms with Crippen LogP contribution in [0.25, 0.3) is 16.8 Å². The van der Waals surface area contributed by atoms with Crippen LogP contribution in [-0.4, -0.2) is 39.5 Å². The van der Waals surface area contributed by atoms with E-state index in [2.05, 4.69) is 57.7 Å². The molecule has 2 aliphatic heterocycles. The van der Waals surface area contributed by atoms with Gasteiger partial charge in [0.1, 0.15) is 17.0 Å². The first-order valence-electron chi connectivity index (χ1n) is 10.7. The molecule has 0 N–H and O–H groups in total. The van der Waals surface area contributed by atoms with E-state index < -0.39 is 0 Å². The fraction of sp³-hybridized carbons (Fsp3) is 0.458. The number of imidazole rings is 1. The van der Waals surface area contributed by atoms with Gasteiger partial charge in [-0.15, -0.1) is 0 Å². The van der Waals surface area contributed by atoms with Crippen molar-refractivity contribution in [2.45, 2.75) is 51.0 Å². The maximum absolute atomic E-state index is 6.54. The predicted octanol–water partition coefficient (Wildman–Crippen LogP) is 4.96. The maximum atomic E-state index is 6.54. The number of fused-ring (bicyclic) bond motifs is 2. The van der Waals surface area contributed by atoms with Crippen LogP contribution >= 0.6 is 0 Å². The topological polar surface area (TPSA) is 29.8 Å². The molecule has 146 valence electrons. The second-order valence-corrected chi connectivity index (χ2v) is 8.40. The Morgan fingerprint density at radius 2 is 1.93 bits per heavy atom. The molecule has 28 heavy (non-hydrogen) atoms. The Morgan fingerprint density at radius 3 is 2.79 bits per heavy atom. The molecular weight excluding hydrogens is 346 g/mol. The summed E-state index contributed by atoms with van der Waals surface area (Å²) < 4.78 is 8.62. The highest BCUT2D eigenvalue weighted by atomic mass is 16.5. The summed E-state index contributed by atoms with van der Waals surface area (Å²) >= 11 is 0. The van der Waals surface area contributed by atoms with E-state index in [1.807, 2.05) is 12.4 Å². The van der Waals surface area contributed by atoms with Gasteiger partial charge in [-0.25, -0.2) is 4.98 Å². The Labute approximate surface area is 167 Å². The highest BCUT2D eigenvalue weighted by Gasteiger charge is 2.38. The smallest absolute Gasteiger partial charge is 0.136 e. The summed E-state index contributed by atoms with van der Waals surface area (Å²) in [7, 11) is 0. The molecule has 0 saturated carbocycles. The van der Waals surface area contributed by atoms with Crippen molar-refractivity contribution in [1.29, 1.82) is 0 Å². The molecule has 0 radical (unpaired) electrons. The van der Waals surface area contributed by atoms with E-state index in [0.29, 0.717) is 0 Å². The molecule has 1 aromatic carbocycles. The lowest BCUT2D eigenvalue weighted by Crippen LogP contribution is -2.40. The molecule has 4 nitrogen and oxygen atoms in total. The average molecular weight is 376 g/mol. The number of nitrogens with zero attached hydrogens (tertiary/aromatic N) is 3. The number of aromatic nitrogens is 2. The average Bonchev–Trinajstić information content (AvgIpc) is 3.36. The van der Waals surface area contributed by atoms with Crippen molar-refractivity contribution in [3.8, 4) is 16.9 Å². The molecule has 1 unspecified atom stereocenters. The predicted molar refractivity (Wildman–Crippen MR) is 113 cm³/mol. The van der Waals surface area contributed by atoms with E-state index in [1.54, 1.807) is 0 Å². The first kappa shape index (κ1) is 17.7. The minimum Gasteiger partial charge on any atom is -0.487 e. The van der Waals surface area contributed by atoms with Gasteiger partial charge in [-0.3, -0.25) is 0 Å². The minimum atomic E-state index is -0.0350. The standard InChI is InChI=1S/C24H29N3O/c1-2-24(10-14-26-12-4-3-5-13-26)17-21-16-19(6-8-22(21)28-24)20-7-9-23-25-11-15-27(23)18-20/h6-9,11,15-16,18H,2-5,10,12-14,17H2,1H3. The van der Waals surface area contributed by atoms with E-state index in [4.69, 9.17) is 4.74 Å². The molecule has 1 fully saturated rings. The van der Waals surface area contributed by atoms with E-state index in [1.165, 1.54) is 49.0 Å². The summed E-state index contributed by atoms with van der Waals surface area (Å²) in [6.45, 7) is 5.95. The lowest BCUT2D eigenvalue weighted by atomic mass is 9.89. The van der Waals surface area contributed by atoms with Crippen LogP contribution in [0.15, 0.2) is 48.9 Å². The van der Waals surface area contributed by atoms with Gasteiger partial charge in [0.2, 0.25) is 0 Å².